The molecule has 0 saturated carbocycles. The van der Waals surface area contributed by atoms with E-state index in [1.54, 1.807) is 36.4 Å². The molecule has 106 valence electrons. The van der Waals surface area contributed by atoms with Gasteiger partial charge in [-0.05, 0) is 48.5 Å². The van der Waals surface area contributed by atoms with E-state index >= 15 is 0 Å². The predicted molar refractivity (Wildman–Crippen MR) is 77.1 cm³/mol. The number of nitrogens with zero attached hydrogens (tertiary/aromatic N) is 1. The lowest BCUT2D eigenvalue weighted by Gasteiger charge is -2.03. The van der Waals surface area contributed by atoms with Crippen LogP contribution < -0.4 is 10.5 Å². The highest BCUT2D eigenvalue weighted by atomic mass is 19.1. The summed E-state index contributed by atoms with van der Waals surface area (Å²) in [6.45, 7) is 0.286. The standard InChI is InChI=1S/C16H13FN2O2/c17-12-3-1-11(2-4-12)16-19-14(10-21-16)9-20-15-7-5-13(18)6-8-15/h1-8,10H,9,18H2. The molecular formula is C16H13FN2O2. The van der Waals surface area contributed by atoms with E-state index in [2.05, 4.69) is 4.98 Å². The minimum Gasteiger partial charge on any atom is -0.487 e. The number of nitrogen functional groups attached to an aromatic ring is 1. The second-order valence-electron chi connectivity index (χ2n) is 4.51. The molecule has 0 unspecified atom stereocenters. The Balaban J connectivity index is 1.67. The number of benzene rings is 2. The van der Waals surface area contributed by atoms with Gasteiger partial charge in [-0.3, -0.25) is 0 Å². The lowest BCUT2D eigenvalue weighted by Crippen LogP contribution is -1.96. The van der Waals surface area contributed by atoms with Gasteiger partial charge in [-0.1, -0.05) is 0 Å². The third-order valence-corrected chi connectivity index (χ3v) is 2.91. The van der Waals surface area contributed by atoms with Crippen LogP contribution in [0.1, 0.15) is 5.69 Å². The van der Waals surface area contributed by atoms with Gasteiger partial charge in [-0.2, -0.15) is 0 Å². The SMILES string of the molecule is Nc1ccc(OCc2coc(-c3ccc(F)cc3)n2)cc1. The van der Waals surface area contributed by atoms with Gasteiger partial charge in [0.1, 0.15) is 30.1 Å². The summed E-state index contributed by atoms with van der Waals surface area (Å²) in [5, 5.41) is 0. The maximum Gasteiger partial charge on any atom is 0.226 e. The summed E-state index contributed by atoms with van der Waals surface area (Å²) < 4.78 is 23.8. The molecule has 3 aromatic rings. The first kappa shape index (κ1) is 13.2. The smallest absolute Gasteiger partial charge is 0.226 e. The number of aromatic nitrogens is 1. The van der Waals surface area contributed by atoms with Crippen LogP contribution in [0.2, 0.25) is 0 Å². The predicted octanol–water partition coefficient (Wildman–Crippen LogP) is 3.64. The molecule has 1 heterocycles. The molecule has 2 aromatic carbocycles. The van der Waals surface area contributed by atoms with Crippen LogP contribution in [0.5, 0.6) is 5.75 Å². The third kappa shape index (κ3) is 3.20. The molecule has 0 bridgehead atoms. The maximum absolute atomic E-state index is 12.9. The molecule has 21 heavy (non-hydrogen) atoms. The van der Waals surface area contributed by atoms with Gasteiger partial charge in [0, 0.05) is 11.3 Å². The quantitative estimate of drug-likeness (QED) is 0.743. The van der Waals surface area contributed by atoms with E-state index in [9.17, 15) is 4.39 Å². The Kier molecular flexibility index (Phi) is 3.55. The Morgan fingerprint density at radius 1 is 1.05 bits per heavy atom. The fraction of sp³-hybridized carbons (Fsp3) is 0.0625. The zero-order chi connectivity index (χ0) is 14.7. The van der Waals surface area contributed by atoms with E-state index < -0.39 is 0 Å². The molecule has 0 aliphatic rings. The molecular weight excluding hydrogens is 271 g/mol. The fourth-order valence-corrected chi connectivity index (χ4v) is 1.82. The van der Waals surface area contributed by atoms with Crippen LogP contribution in [0.15, 0.2) is 59.2 Å². The van der Waals surface area contributed by atoms with Gasteiger partial charge in [0.2, 0.25) is 5.89 Å². The van der Waals surface area contributed by atoms with Crippen molar-refractivity contribution in [2.75, 3.05) is 5.73 Å². The monoisotopic (exact) mass is 284 g/mol. The summed E-state index contributed by atoms with van der Waals surface area (Å²) in [4.78, 5) is 4.30. The normalized spacial score (nSPS) is 10.5. The second-order valence-corrected chi connectivity index (χ2v) is 4.51. The topological polar surface area (TPSA) is 61.3 Å². The van der Waals surface area contributed by atoms with Gasteiger partial charge in [0.15, 0.2) is 0 Å². The van der Waals surface area contributed by atoms with Crippen molar-refractivity contribution in [2.45, 2.75) is 6.61 Å². The molecule has 0 aliphatic heterocycles. The van der Waals surface area contributed by atoms with Gasteiger partial charge in [0.05, 0.1) is 0 Å². The molecule has 0 radical (unpaired) electrons. The first-order chi connectivity index (χ1) is 10.2. The van der Waals surface area contributed by atoms with Gasteiger partial charge in [0.25, 0.3) is 0 Å². The Labute approximate surface area is 121 Å². The molecule has 0 amide bonds. The molecule has 5 heteroatoms. The summed E-state index contributed by atoms with van der Waals surface area (Å²) in [6.07, 6.45) is 1.52. The van der Waals surface area contributed by atoms with E-state index in [1.807, 2.05) is 0 Å². The van der Waals surface area contributed by atoms with Crippen LogP contribution in [0.25, 0.3) is 11.5 Å². The van der Waals surface area contributed by atoms with Crippen LogP contribution in [-0.4, -0.2) is 4.98 Å². The Bertz CT molecular complexity index is 721. The number of nitrogens with two attached hydrogens (primary N) is 1. The summed E-state index contributed by atoms with van der Waals surface area (Å²) in [5.74, 6) is 0.846. The molecule has 0 atom stereocenters. The van der Waals surface area contributed by atoms with Crippen LogP contribution in [0.3, 0.4) is 0 Å². The highest BCUT2D eigenvalue weighted by Gasteiger charge is 2.07. The molecule has 0 fully saturated rings. The van der Waals surface area contributed by atoms with Crippen LogP contribution in [0, 0.1) is 5.82 Å². The number of ether oxygens (including phenoxy) is 1. The molecule has 4 nitrogen and oxygen atoms in total. The average molecular weight is 284 g/mol. The largest absolute Gasteiger partial charge is 0.487 e. The van der Waals surface area contributed by atoms with E-state index in [4.69, 9.17) is 14.9 Å². The molecule has 0 spiro atoms. The van der Waals surface area contributed by atoms with Crippen molar-refractivity contribution >= 4 is 5.69 Å². The van der Waals surface area contributed by atoms with Crippen molar-refractivity contribution < 1.29 is 13.5 Å². The number of anilines is 1. The van der Waals surface area contributed by atoms with Crippen LogP contribution in [-0.2, 0) is 6.61 Å². The van der Waals surface area contributed by atoms with Crippen molar-refractivity contribution in [1.29, 1.82) is 0 Å². The van der Waals surface area contributed by atoms with E-state index in [1.165, 1.54) is 18.4 Å². The summed E-state index contributed by atoms with van der Waals surface area (Å²) in [7, 11) is 0. The van der Waals surface area contributed by atoms with E-state index in [-0.39, 0.29) is 12.4 Å². The summed E-state index contributed by atoms with van der Waals surface area (Å²) in [6, 6.07) is 13.1. The van der Waals surface area contributed by atoms with Crippen molar-refractivity contribution in [3.8, 4) is 17.2 Å². The molecule has 2 N–H and O–H groups in total. The van der Waals surface area contributed by atoms with Gasteiger partial charge >= 0.3 is 0 Å². The van der Waals surface area contributed by atoms with E-state index in [0.29, 0.717) is 23.0 Å². The van der Waals surface area contributed by atoms with Gasteiger partial charge in [-0.25, -0.2) is 9.37 Å². The van der Waals surface area contributed by atoms with Crippen molar-refractivity contribution in [1.82, 2.24) is 4.98 Å². The zero-order valence-electron chi connectivity index (χ0n) is 11.1. The summed E-state index contributed by atoms with van der Waals surface area (Å²) in [5.41, 5.74) is 7.66. The lowest BCUT2D eigenvalue weighted by molar-refractivity contribution is 0.301. The third-order valence-electron chi connectivity index (χ3n) is 2.91. The van der Waals surface area contributed by atoms with Gasteiger partial charge < -0.3 is 14.9 Å². The average Bonchev–Trinajstić information content (AvgIpc) is 2.96. The number of oxazole rings is 1. The van der Waals surface area contributed by atoms with Gasteiger partial charge in [-0.15, -0.1) is 0 Å². The number of hydrogen-bond acceptors (Lipinski definition) is 4. The Morgan fingerprint density at radius 3 is 2.48 bits per heavy atom. The number of rotatable bonds is 4. The lowest BCUT2D eigenvalue weighted by atomic mass is 10.2. The van der Waals surface area contributed by atoms with Crippen molar-refractivity contribution in [2.24, 2.45) is 0 Å². The van der Waals surface area contributed by atoms with Crippen molar-refractivity contribution in [3.63, 3.8) is 0 Å². The molecule has 0 saturated heterocycles. The number of halogens is 1. The first-order valence-electron chi connectivity index (χ1n) is 6.39. The Morgan fingerprint density at radius 2 is 1.76 bits per heavy atom. The minimum absolute atomic E-state index is 0.286. The Hall–Kier alpha value is -2.82. The van der Waals surface area contributed by atoms with Crippen LogP contribution >= 0.6 is 0 Å². The highest BCUT2D eigenvalue weighted by Crippen LogP contribution is 2.20. The molecule has 0 aliphatic carbocycles. The summed E-state index contributed by atoms with van der Waals surface area (Å²) >= 11 is 0. The van der Waals surface area contributed by atoms with Crippen LogP contribution in [0.4, 0.5) is 10.1 Å². The molecule has 1 aromatic heterocycles. The van der Waals surface area contributed by atoms with E-state index in [0.717, 1.165) is 5.56 Å². The fourth-order valence-electron chi connectivity index (χ4n) is 1.82. The minimum atomic E-state index is -0.294. The second kappa shape index (κ2) is 5.66. The first-order valence-corrected chi connectivity index (χ1v) is 6.39. The highest BCUT2D eigenvalue weighted by molar-refractivity contribution is 5.52. The maximum atomic E-state index is 12.9. The van der Waals surface area contributed by atoms with Crippen molar-refractivity contribution in [3.05, 3.63) is 66.3 Å². The number of hydrogen-bond donors (Lipinski definition) is 1. The molecule has 3 rings (SSSR count). The zero-order valence-corrected chi connectivity index (χ0v) is 11.1.